The summed E-state index contributed by atoms with van der Waals surface area (Å²) in [7, 11) is -3.47. The molecule has 4 aliphatic rings. The monoisotopic (exact) mass is 544 g/mol. The van der Waals surface area contributed by atoms with E-state index in [0.717, 1.165) is 31.3 Å². The molecule has 0 unspecified atom stereocenters. The van der Waals surface area contributed by atoms with E-state index in [1.165, 1.54) is 0 Å². The van der Waals surface area contributed by atoms with Gasteiger partial charge in [0.05, 0.1) is 16.8 Å². The average molecular weight is 545 g/mol. The third kappa shape index (κ3) is 4.23. The highest BCUT2D eigenvalue weighted by molar-refractivity contribution is 7.91. The number of ether oxygens (including phenoxy) is 1. The van der Waals surface area contributed by atoms with Gasteiger partial charge in [-0.15, -0.1) is 0 Å². The standard InChI is InChI=1S/C30H40O7S/c1-28-13-11-21(32)17-20(28)9-10-23-24-12-14-30(26(34)19-31,29(24,2)18-25(33)27(23)28)37-15-6-16-38(35,36)22-7-4-3-5-8-22/h3-5,7-8,17,23-25,27,31,33H,6,9-16,18-19H2,1-2H3/t23-,24-,25-,27+,28-,29-,30-/m0/s1. The lowest BCUT2D eigenvalue weighted by atomic mass is 9.45. The minimum Gasteiger partial charge on any atom is -0.393 e. The lowest BCUT2D eigenvalue weighted by Crippen LogP contribution is -2.63. The number of rotatable bonds is 8. The molecule has 1 aromatic rings. The van der Waals surface area contributed by atoms with Crippen LogP contribution in [-0.4, -0.2) is 60.9 Å². The highest BCUT2D eigenvalue weighted by atomic mass is 32.2. The average Bonchev–Trinajstić information content (AvgIpc) is 3.19. The molecule has 4 aliphatic carbocycles. The van der Waals surface area contributed by atoms with Crippen molar-refractivity contribution in [3.63, 3.8) is 0 Å². The SMILES string of the molecule is C[C@]12CCC(=O)C=C1CC[C@@H]1[C@@H]2[C@@H](O)C[C@@]2(C)[C@H]1CC[C@]2(OCCCS(=O)(=O)c1ccccc1)C(=O)CO. The number of sulfone groups is 1. The molecule has 7 atom stereocenters. The maximum absolute atomic E-state index is 13.4. The number of carbonyl (C=O) groups excluding carboxylic acids is 2. The summed E-state index contributed by atoms with van der Waals surface area (Å²) < 4.78 is 31.8. The quantitative estimate of drug-likeness (QED) is 0.480. The van der Waals surface area contributed by atoms with Gasteiger partial charge in [-0.05, 0) is 86.3 Å². The molecule has 3 fully saturated rings. The Labute approximate surface area is 225 Å². The van der Waals surface area contributed by atoms with E-state index in [0.29, 0.717) is 19.3 Å². The van der Waals surface area contributed by atoms with Crippen LogP contribution in [0.5, 0.6) is 0 Å². The van der Waals surface area contributed by atoms with Crippen LogP contribution in [-0.2, 0) is 24.2 Å². The molecule has 0 bridgehead atoms. The molecule has 0 heterocycles. The van der Waals surface area contributed by atoms with Gasteiger partial charge in [0.15, 0.2) is 21.4 Å². The normalized spacial score (nSPS) is 38.6. The molecule has 2 N–H and O–H groups in total. The molecule has 0 saturated heterocycles. The number of carbonyl (C=O) groups is 2. The van der Waals surface area contributed by atoms with Crippen molar-refractivity contribution in [1.82, 2.24) is 0 Å². The summed E-state index contributed by atoms with van der Waals surface area (Å²) in [6.45, 7) is 3.65. The van der Waals surface area contributed by atoms with Gasteiger partial charge >= 0.3 is 0 Å². The van der Waals surface area contributed by atoms with Crippen LogP contribution in [0.2, 0.25) is 0 Å². The molecule has 5 rings (SSSR count). The fourth-order valence-corrected chi connectivity index (χ4v) is 10.1. The third-order valence-electron chi connectivity index (χ3n) is 10.6. The van der Waals surface area contributed by atoms with Crippen molar-refractivity contribution < 1.29 is 33.0 Å². The minimum atomic E-state index is -3.47. The van der Waals surface area contributed by atoms with Crippen LogP contribution in [0.1, 0.15) is 65.2 Å². The van der Waals surface area contributed by atoms with E-state index in [1.807, 2.05) is 6.92 Å². The van der Waals surface area contributed by atoms with Gasteiger partial charge in [-0.25, -0.2) is 8.42 Å². The van der Waals surface area contributed by atoms with Gasteiger partial charge < -0.3 is 14.9 Å². The fourth-order valence-electron chi connectivity index (χ4n) is 8.82. The number of allylic oxidation sites excluding steroid dienone is 1. The van der Waals surface area contributed by atoms with Crippen molar-refractivity contribution in [3.8, 4) is 0 Å². The molecule has 3 saturated carbocycles. The van der Waals surface area contributed by atoms with Crippen molar-refractivity contribution in [2.75, 3.05) is 19.0 Å². The summed E-state index contributed by atoms with van der Waals surface area (Å²) in [5.74, 6) is 0.0295. The number of benzene rings is 1. The fraction of sp³-hybridized carbons (Fsp3) is 0.667. The summed E-state index contributed by atoms with van der Waals surface area (Å²) in [6, 6.07) is 8.29. The zero-order valence-electron chi connectivity index (χ0n) is 22.4. The molecule has 8 heteroatoms. The van der Waals surface area contributed by atoms with E-state index in [9.17, 15) is 28.2 Å². The van der Waals surface area contributed by atoms with Crippen LogP contribution in [0.4, 0.5) is 0 Å². The lowest BCUT2D eigenvalue weighted by Gasteiger charge is -2.61. The Bertz CT molecular complexity index is 1220. The van der Waals surface area contributed by atoms with Crippen LogP contribution in [0.25, 0.3) is 0 Å². The first-order chi connectivity index (χ1) is 18.0. The molecule has 1 aromatic carbocycles. The van der Waals surface area contributed by atoms with E-state index in [4.69, 9.17) is 4.74 Å². The van der Waals surface area contributed by atoms with Gasteiger partial charge in [-0.2, -0.15) is 0 Å². The van der Waals surface area contributed by atoms with Gasteiger partial charge in [-0.1, -0.05) is 37.6 Å². The maximum Gasteiger partial charge on any atom is 0.190 e. The number of Topliss-reactive ketones (excluding diaryl/α,β-unsaturated/α-hetero) is 1. The second-order valence-corrected chi connectivity index (χ2v) is 14.5. The van der Waals surface area contributed by atoms with Crippen molar-refractivity contribution in [3.05, 3.63) is 42.0 Å². The van der Waals surface area contributed by atoms with Crippen molar-refractivity contribution in [2.24, 2.45) is 28.6 Å². The van der Waals surface area contributed by atoms with Gasteiger partial charge in [0, 0.05) is 18.4 Å². The molecule has 0 radical (unpaired) electrons. The zero-order chi connectivity index (χ0) is 27.3. The second-order valence-electron chi connectivity index (χ2n) is 12.4. The number of hydrogen-bond donors (Lipinski definition) is 2. The number of hydrogen-bond acceptors (Lipinski definition) is 7. The first kappa shape index (κ1) is 27.7. The second kappa shape index (κ2) is 9.95. The van der Waals surface area contributed by atoms with Crippen LogP contribution >= 0.6 is 0 Å². The summed E-state index contributed by atoms with van der Waals surface area (Å²) in [4.78, 5) is 25.8. The van der Waals surface area contributed by atoms with Crippen LogP contribution < -0.4 is 0 Å². The maximum atomic E-state index is 13.4. The molecule has 0 aromatic heterocycles. The predicted octanol–water partition coefficient (Wildman–Crippen LogP) is 3.67. The van der Waals surface area contributed by atoms with Crippen LogP contribution in [0.15, 0.2) is 46.9 Å². The summed E-state index contributed by atoms with van der Waals surface area (Å²) in [5, 5.41) is 21.6. The molecular formula is C30H40O7S. The molecule has 38 heavy (non-hydrogen) atoms. The predicted molar refractivity (Wildman–Crippen MR) is 142 cm³/mol. The Morgan fingerprint density at radius 2 is 1.84 bits per heavy atom. The van der Waals surface area contributed by atoms with Gasteiger partial charge in [0.2, 0.25) is 0 Å². The Morgan fingerprint density at radius 3 is 2.55 bits per heavy atom. The number of aliphatic hydroxyl groups excluding tert-OH is 2. The molecule has 0 spiro atoms. The lowest BCUT2D eigenvalue weighted by molar-refractivity contribution is -0.196. The Morgan fingerprint density at radius 1 is 1.11 bits per heavy atom. The smallest absolute Gasteiger partial charge is 0.190 e. The Kier molecular flexibility index (Phi) is 7.25. The van der Waals surface area contributed by atoms with E-state index in [1.54, 1.807) is 36.4 Å². The van der Waals surface area contributed by atoms with Crippen molar-refractivity contribution >= 4 is 21.4 Å². The Balaban J connectivity index is 1.37. The van der Waals surface area contributed by atoms with Gasteiger partial charge in [-0.3, -0.25) is 9.59 Å². The van der Waals surface area contributed by atoms with E-state index < -0.39 is 33.6 Å². The van der Waals surface area contributed by atoms with Crippen molar-refractivity contribution in [2.45, 2.75) is 81.8 Å². The third-order valence-corrected chi connectivity index (χ3v) is 12.4. The topological polar surface area (TPSA) is 118 Å². The van der Waals surface area contributed by atoms with E-state index >= 15 is 0 Å². The highest BCUT2D eigenvalue weighted by Gasteiger charge is 2.69. The first-order valence-electron chi connectivity index (χ1n) is 14.0. The molecule has 0 aliphatic heterocycles. The summed E-state index contributed by atoms with van der Waals surface area (Å²) in [5.41, 5.74) is -0.997. The molecule has 7 nitrogen and oxygen atoms in total. The molecule has 0 amide bonds. The van der Waals surface area contributed by atoms with Gasteiger partial charge in [0.25, 0.3) is 0 Å². The van der Waals surface area contributed by atoms with E-state index in [-0.39, 0.29) is 58.4 Å². The number of ketones is 2. The molecular weight excluding hydrogens is 504 g/mol. The number of aliphatic hydroxyl groups is 2. The molecule has 208 valence electrons. The summed E-state index contributed by atoms with van der Waals surface area (Å²) >= 11 is 0. The minimum absolute atomic E-state index is 0.0183. The van der Waals surface area contributed by atoms with E-state index in [2.05, 4.69) is 6.92 Å². The zero-order valence-corrected chi connectivity index (χ0v) is 23.2. The van der Waals surface area contributed by atoms with Crippen LogP contribution in [0.3, 0.4) is 0 Å². The summed E-state index contributed by atoms with van der Waals surface area (Å²) in [6.07, 6.45) is 5.88. The largest absolute Gasteiger partial charge is 0.393 e. The Hall–Kier alpha value is -1.87. The van der Waals surface area contributed by atoms with Crippen molar-refractivity contribution in [1.29, 1.82) is 0 Å². The first-order valence-corrected chi connectivity index (χ1v) is 15.6. The van der Waals surface area contributed by atoms with Crippen LogP contribution in [0, 0.1) is 28.6 Å². The highest BCUT2D eigenvalue weighted by Crippen LogP contribution is 2.68. The van der Waals surface area contributed by atoms with Gasteiger partial charge in [0.1, 0.15) is 12.2 Å². The number of fused-ring (bicyclic) bond motifs is 5.